The van der Waals surface area contributed by atoms with E-state index >= 15 is 0 Å². The van der Waals surface area contributed by atoms with E-state index in [0.717, 1.165) is 41.0 Å². The summed E-state index contributed by atoms with van der Waals surface area (Å²) in [6, 6.07) is 2.00. The minimum atomic E-state index is 0.742. The Labute approximate surface area is 104 Å². The Balaban J connectivity index is 1.90. The van der Waals surface area contributed by atoms with E-state index in [1.54, 1.807) is 11.3 Å². The fraction of sp³-hybridized carbons (Fsp3) is 0.545. The zero-order chi connectivity index (χ0) is 12.3. The van der Waals surface area contributed by atoms with Gasteiger partial charge in [-0.2, -0.15) is 0 Å². The van der Waals surface area contributed by atoms with Gasteiger partial charge in [-0.1, -0.05) is 12.1 Å². The zero-order valence-electron chi connectivity index (χ0n) is 10.3. The molecule has 0 aliphatic heterocycles. The Morgan fingerprint density at radius 1 is 1.35 bits per heavy atom. The third kappa shape index (κ3) is 3.34. The van der Waals surface area contributed by atoms with E-state index < -0.39 is 0 Å². The lowest BCUT2D eigenvalue weighted by Gasteiger charge is -2.11. The van der Waals surface area contributed by atoms with Gasteiger partial charge in [0.05, 0.1) is 18.8 Å². The minimum Gasteiger partial charge on any atom is -0.360 e. The molecular weight excluding hydrogens is 236 g/mol. The molecule has 0 saturated carbocycles. The summed E-state index contributed by atoms with van der Waals surface area (Å²) in [5.74, 6) is 0.894. The Hall–Kier alpha value is -1.27. The summed E-state index contributed by atoms with van der Waals surface area (Å²) >= 11 is 1.63. The molecule has 0 aromatic carbocycles. The van der Waals surface area contributed by atoms with Crippen molar-refractivity contribution in [3.63, 3.8) is 0 Å². The molecule has 92 valence electrons. The number of rotatable bonds is 5. The summed E-state index contributed by atoms with van der Waals surface area (Å²) in [4.78, 5) is 2.14. The topological polar surface area (TPSA) is 55.1 Å². The largest absolute Gasteiger partial charge is 0.360 e. The van der Waals surface area contributed by atoms with E-state index in [0.29, 0.717) is 0 Å². The van der Waals surface area contributed by atoms with Crippen LogP contribution in [0.1, 0.15) is 28.4 Å². The Morgan fingerprint density at radius 2 is 2.18 bits per heavy atom. The second-order valence-electron chi connectivity index (χ2n) is 4.03. The molecule has 2 heterocycles. The Kier molecular flexibility index (Phi) is 3.86. The van der Waals surface area contributed by atoms with E-state index in [-0.39, 0.29) is 0 Å². The van der Waals surface area contributed by atoms with E-state index in [1.165, 1.54) is 0 Å². The number of hydrogen-bond donors (Lipinski definition) is 0. The predicted molar refractivity (Wildman–Crippen MR) is 65.7 cm³/mol. The van der Waals surface area contributed by atoms with Crippen LogP contribution in [0.4, 0.5) is 0 Å². The first kappa shape index (κ1) is 12.2. The molecule has 0 aliphatic rings. The normalized spacial score (nSPS) is 11.3. The van der Waals surface area contributed by atoms with E-state index in [2.05, 4.69) is 27.2 Å². The first-order valence-electron chi connectivity index (χ1n) is 5.59. The van der Waals surface area contributed by atoms with Crippen LogP contribution in [-0.2, 0) is 19.5 Å². The van der Waals surface area contributed by atoms with Crippen LogP contribution in [0.5, 0.6) is 0 Å². The molecule has 6 heteroatoms. The van der Waals surface area contributed by atoms with Gasteiger partial charge < -0.3 is 4.52 Å². The fourth-order valence-electron chi connectivity index (χ4n) is 1.55. The maximum absolute atomic E-state index is 5.24. The molecular formula is C11H16N4OS. The van der Waals surface area contributed by atoms with Crippen LogP contribution < -0.4 is 0 Å². The van der Waals surface area contributed by atoms with Crippen molar-refractivity contribution in [2.75, 3.05) is 7.05 Å². The zero-order valence-corrected chi connectivity index (χ0v) is 11.1. The molecule has 0 atom stereocenters. The highest BCUT2D eigenvalue weighted by atomic mass is 32.1. The van der Waals surface area contributed by atoms with Crippen LogP contribution in [0.3, 0.4) is 0 Å². The average molecular weight is 252 g/mol. The molecule has 0 amide bonds. The Bertz CT molecular complexity index is 479. The molecule has 0 aliphatic carbocycles. The van der Waals surface area contributed by atoms with Crippen LogP contribution >= 0.6 is 11.3 Å². The third-order valence-corrected chi connectivity index (χ3v) is 3.19. The SMILES string of the molecule is CCc1cc(CN(C)Cc2nnc(C)s2)on1. The van der Waals surface area contributed by atoms with Gasteiger partial charge in [0.2, 0.25) is 0 Å². The van der Waals surface area contributed by atoms with Gasteiger partial charge >= 0.3 is 0 Å². The highest BCUT2D eigenvalue weighted by molar-refractivity contribution is 7.11. The van der Waals surface area contributed by atoms with Gasteiger partial charge in [0.15, 0.2) is 5.76 Å². The van der Waals surface area contributed by atoms with Crippen LogP contribution in [0.2, 0.25) is 0 Å². The summed E-state index contributed by atoms with van der Waals surface area (Å²) in [6.07, 6.45) is 0.906. The van der Waals surface area contributed by atoms with Gasteiger partial charge in [-0.05, 0) is 20.4 Å². The molecule has 0 fully saturated rings. The molecule has 0 bridgehead atoms. The monoisotopic (exact) mass is 252 g/mol. The van der Waals surface area contributed by atoms with Crippen LogP contribution in [-0.4, -0.2) is 27.3 Å². The molecule has 2 rings (SSSR count). The molecule has 2 aromatic rings. The predicted octanol–water partition coefficient (Wildman–Crippen LogP) is 2.03. The maximum atomic E-state index is 5.24. The van der Waals surface area contributed by atoms with Crippen molar-refractivity contribution >= 4 is 11.3 Å². The van der Waals surface area contributed by atoms with Crippen LogP contribution in [0.25, 0.3) is 0 Å². The second kappa shape index (κ2) is 5.37. The van der Waals surface area contributed by atoms with Crippen LogP contribution in [0, 0.1) is 6.92 Å². The molecule has 5 nitrogen and oxygen atoms in total. The first-order valence-corrected chi connectivity index (χ1v) is 6.41. The third-order valence-electron chi connectivity index (χ3n) is 2.37. The lowest BCUT2D eigenvalue weighted by molar-refractivity contribution is 0.265. The highest BCUT2D eigenvalue weighted by Crippen LogP contribution is 2.12. The van der Waals surface area contributed by atoms with Crippen LogP contribution in [0.15, 0.2) is 10.6 Å². The molecule has 0 N–H and O–H groups in total. The molecule has 0 radical (unpaired) electrons. The number of aryl methyl sites for hydroxylation is 2. The maximum Gasteiger partial charge on any atom is 0.150 e. The van der Waals surface area contributed by atoms with Crippen molar-refractivity contribution in [3.05, 3.63) is 27.5 Å². The molecule has 0 unspecified atom stereocenters. The fourth-order valence-corrected chi connectivity index (χ4v) is 2.34. The molecule has 17 heavy (non-hydrogen) atoms. The summed E-state index contributed by atoms with van der Waals surface area (Å²) in [7, 11) is 2.03. The van der Waals surface area contributed by atoms with Gasteiger partial charge in [-0.25, -0.2) is 0 Å². The van der Waals surface area contributed by atoms with E-state index in [4.69, 9.17) is 4.52 Å². The summed E-state index contributed by atoms with van der Waals surface area (Å²) in [6.45, 7) is 5.56. The minimum absolute atomic E-state index is 0.742. The lowest BCUT2D eigenvalue weighted by atomic mass is 10.3. The summed E-state index contributed by atoms with van der Waals surface area (Å²) in [5, 5.41) is 14.1. The van der Waals surface area contributed by atoms with Crippen molar-refractivity contribution in [2.24, 2.45) is 0 Å². The molecule has 2 aromatic heterocycles. The van der Waals surface area contributed by atoms with Crippen molar-refractivity contribution in [2.45, 2.75) is 33.4 Å². The van der Waals surface area contributed by atoms with Gasteiger partial charge in [0.1, 0.15) is 10.0 Å². The van der Waals surface area contributed by atoms with Crippen molar-refractivity contribution in [1.82, 2.24) is 20.3 Å². The summed E-state index contributed by atoms with van der Waals surface area (Å²) < 4.78 is 5.24. The molecule has 0 saturated heterocycles. The quantitative estimate of drug-likeness (QED) is 0.815. The van der Waals surface area contributed by atoms with Crippen molar-refractivity contribution in [3.8, 4) is 0 Å². The standard InChI is InChI=1S/C11H16N4OS/c1-4-9-5-10(16-14-9)6-15(3)7-11-13-12-8(2)17-11/h5H,4,6-7H2,1-3H3. The highest BCUT2D eigenvalue weighted by Gasteiger charge is 2.09. The van der Waals surface area contributed by atoms with Crippen molar-refractivity contribution in [1.29, 1.82) is 0 Å². The first-order chi connectivity index (χ1) is 8.17. The number of hydrogen-bond acceptors (Lipinski definition) is 6. The lowest BCUT2D eigenvalue weighted by Crippen LogP contribution is -2.16. The summed E-state index contributed by atoms with van der Waals surface area (Å²) in [5.41, 5.74) is 1.00. The van der Waals surface area contributed by atoms with Crippen molar-refractivity contribution < 1.29 is 4.52 Å². The number of aromatic nitrogens is 3. The smallest absolute Gasteiger partial charge is 0.150 e. The van der Waals surface area contributed by atoms with E-state index in [9.17, 15) is 0 Å². The molecule has 0 spiro atoms. The average Bonchev–Trinajstić information content (AvgIpc) is 2.88. The van der Waals surface area contributed by atoms with Gasteiger partial charge in [0, 0.05) is 6.07 Å². The van der Waals surface area contributed by atoms with Gasteiger partial charge in [0.25, 0.3) is 0 Å². The van der Waals surface area contributed by atoms with Gasteiger partial charge in [-0.15, -0.1) is 21.5 Å². The van der Waals surface area contributed by atoms with E-state index in [1.807, 2.05) is 20.0 Å². The second-order valence-corrected chi connectivity index (χ2v) is 5.29. The van der Waals surface area contributed by atoms with Gasteiger partial charge in [-0.3, -0.25) is 4.90 Å². The Morgan fingerprint density at radius 3 is 2.76 bits per heavy atom. The number of nitrogens with zero attached hydrogens (tertiary/aromatic N) is 4.